The molecule has 0 amide bonds. The molecular weight excluding hydrogens is 512 g/mol. The summed E-state index contributed by atoms with van der Waals surface area (Å²) in [6, 6.07) is 18.5. The number of benzene rings is 2. The Balaban J connectivity index is 0.000000308. The van der Waals surface area contributed by atoms with Crippen LogP contribution < -0.4 is 17.0 Å². The standard InChI is InChI=1S/C12H11ClNO2S.C7H6Cl2O2S.ClH/c13-17(15,16)12-6-4-11(5-7-12)10-14-8-2-1-3-9-14;8-5-6-1-3-7(4-2-6)12(9,10)11;/h1-9H,10H2;1-4H,5H2;1H/q+1;;/p-1. The lowest BCUT2D eigenvalue weighted by atomic mass is 10.2. The van der Waals surface area contributed by atoms with Gasteiger partial charge in [-0.3, -0.25) is 0 Å². The molecule has 0 aliphatic heterocycles. The monoisotopic (exact) mass is 527 g/mol. The number of hydrogen-bond acceptors (Lipinski definition) is 4. The molecule has 2 aromatic carbocycles. The van der Waals surface area contributed by atoms with Gasteiger partial charge in [-0.2, -0.15) is 0 Å². The molecular formula is C19H17Cl4NO4S2. The van der Waals surface area contributed by atoms with E-state index in [4.69, 9.17) is 33.0 Å². The topological polar surface area (TPSA) is 72.2 Å². The highest BCUT2D eigenvalue weighted by atomic mass is 35.7. The van der Waals surface area contributed by atoms with Gasteiger partial charge in [0.15, 0.2) is 18.9 Å². The Hall–Kier alpha value is -1.35. The van der Waals surface area contributed by atoms with Gasteiger partial charge >= 0.3 is 0 Å². The number of alkyl halides is 1. The molecule has 0 atom stereocenters. The van der Waals surface area contributed by atoms with Crippen molar-refractivity contribution in [3.05, 3.63) is 90.3 Å². The first-order valence-electron chi connectivity index (χ1n) is 8.17. The zero-order chi connectivity index (χ0) is 21.5. The molecule has 1 heterocycles. The largest absolute Gasteiger partial charge is 1.00 e. The minimum atomic E-state index is -3.63. The van der Waals surface area contributed by atoms with Crippen LogP contribution in [0.2, 0.25) is 0 Å². The molecule has 0 aliphatic carbocycles. The maximum absolute atomic E-state index is 11.1. The van der Waals surface area contributed by atoms with Crippen molar-refractivity contribution in [1.82, 2.24) is 0 Å². The first-order chi connectivity index (χ1) is 13.6. The molecule has 3 aromatic rings. The van der Waals surface area contributed by atoms with Gasteiger partial charge in [0.2, 0.25) is 0 Å². The van der Waals surface area contributed by atoms with E-state index < -0.39 is 18.1 Å². The number of halogens is 4. The van der Waals surface area contributed by atoms with Crippen LogP contribution in [0.3, 0.4) is 0 Å². The van der Waals surface area contributed by atoms with Crippen molar-refractivity contribution in [2.75, 3.05) is 0 Å². The van der Waals surface area contributed by atoms with Gasteiger partial charge in [-0.1, -0.05) is 30.3 Å². The molecule has 0 spiro atoms. The molecule has 0 saturated carbocycles. The quantitative estimate of drug-likeness (QED) is 0.284. The highest BCUT2D eigenvalue weighted by Crippen LogP contribution is 2.16. The van der Waals surface area contributed by atoms with E-state index in [1.807, 2.05) is 35.2 Å². The fraction of sp³-hybridized carbons (Fsp3) is 0.105. The Morgan fingerprint density at radius 2 is 1.07 bits per heavy atom. The van der Waals surface area contributed by atoms with Gasteiger partial charge in [0.25, 0.3) is 18.1 Å². The predicted molar refractivity (Wildman–Crippen MR) is 114 cm³/mol. The first kappa shape index (κ1) is 26.7. The van der Waals surface area contributed by atoms with Crippen LogP contribution in [0.1, 0.15) is 11.1 Å². The summed E-state index contributed by atoms with van der Waals surface area (Å²) in [6.45, 7) is 0.698. The van der Waals surface area contributed by atoms with Gasteiger partial charge in [0.05, 0.1) is 9.79 Å². The van der Waals surface area contributed by atoms with Crippen LogP contribution in [0.4, 0.5) is 0 Å². The molecule has 1 aromatic heterocycles. The van der Waals surface area contributed by atoms with Gasteiger partial charge in [-0.25, -0.2) is 21.4 Å². The molecule has 0 bridgehead atoms. The lowest BCUT2D eigenvalue weighted by molar-refractivity contribution is -0.688. The summed E-state index contributed by atoms with van der Waals surface area (Å²) in [5, 5.41) is 0. The summed E-state index contributed by atoms with van der Waals surface area (Å²) in [4.78, 5) is 0.221. The molecule has 5 nitrogen and oxygen atoms in total. The fourth-order valence-electron chi connectivity index (χ4n) is 2.25. The van der Waals surface area contributed by atoms with E-state index in [0.717, 1.165) is 11.1 Å². The van der Waals surface area contributed by atoms with Crippen molar-refractivity contribution in [1.29, 1.82) is 0 Å². The Bertz CT molecular complexity index is 1140. The maximum atomic E-state index is 11.1. The normalized spacial score (nSPS) is 11.0. The summed E-state index contributed by atoms with van der Waals surface area (Å²) >= 11 is 5.51. The average Bonchev–Trinajstić information content (AvgIpc) is 2.68. The number of nitrogens with zero attached hydrogens (tertiary/aromatic N) is 1. The lowest BCUT2D eigenvalue weighted by Crippen LogP contribution is -3.00. The molecule has 3 rings (SSSR count). The number of aromatic nitrogens is 1. The lowest BCUT2D eigenvalue weighted by Gasteiger charge is -1.99. The summed E-state index contributed by atoms with van der Waals surface area (Å²) in [7, 11) is 3.11. The third-order valence-electron chi connectivity index (χ3n) is 3.71. The molecule has 0 saturated heterocycles. The van der Waals surface area contributed by atoms with E-state index in [1.165, 1.54) is 24.3 Å². The molecule has 162 valence electrons. The Morgan fingerprint density at radius 1 is 0.667 bits per heavy atom. The Kier molecular flexibility index (Phi) is 10.6. The van der Waals surface area contributed by atoms with Crippen LogP contribution in [0, 0.1) is 0 Å². The number of hydrogen-bond donors (Lipinski definition) is 0. The smallest absolute Gasteiger partial charge is 0.261 e. The molecule has 0 N–H and O–H groups in total. The Labute approximate surface area is 196 Å². The van der Waals surface area contributed by atoms with Crippen LogP contribution >= 0.6 is 33.0 Å². The molecule has 0 fully saturated rings. The zero-order valence-corrected chi connectivity index (χ0v) is 20.0. The summed E-state index contributed by atoms with van der Waals surface area (Å²) in [5.41, 5.74) is 1.88. The maximum Gasteiger partial charge on any atom is 0.261 e. The van der Waals surface area contributed by atoms with Crippen molar-refractivity contribution in [2.24, 2.45) is 0 Å². The molecule has 30 heavy (non-hydrogen) atoms. The third kappa shape index (κ3) is 8.79. The van der Waals surface area contributed by atoms with Crippen LogP contribution in [0.5, 0.6) is 0 Å². The van der Waals surface area contributed by atoms with E-state index in [2.05, 4.69) is 0 Å². The van der Waals surface area contributed by atoms with Gasteiger partial charge < -0.3 is 12.4 Å². The highest BCUT2D eigenvalue weighted by molar-refractivity contribution is 8.14. The van der Waals surface area contributed by atoms with Crippen molar-refractivity contribution < 1.29 is 33.8 Å². The third-order valence-corrected chi connectivity index (χ3v) is 6.75. The van der Waals surface area contributed by atoms with Crippen molar-refractivity contribution in [3.63, 3.8) is 0 Å². The Morgan fingerprint density at radius 3 is 1.43 bits per heavy atom. The first-order valence-corrected chi connectivity index (χ1v) is 13.3. The SMILES string of the molecule is O=S(=O)(Cl)c1ccc(CCl)cc1.O=S(=O)(Cl)c1ccc(C[n+]2ccccc2)cc1.[Cl-]. The van der Waals surface area contributed by atoms with Crippen molar-refractivity contribution in [3.8, 4) is 0 Å². The average molecular weight is 529 g/mol. The van der Waals surface area contributed by atoms with Crippen LogP contribution in [-0.2, 0) is 30.5 Å². The molecule has 11 heteroatoms. The van der Waals surface area contributed by atoms with E-state index in [0.29, 0.717) is 12.4 Å². The van der Waals surface area contributed by atoms with Gasteiger partial charge in [0.1, 0.15) is 0 Å². The van der Waals surface area contributed by atoms with E-state index in [9.17, 15) is 16.8 Å². The highest BCUT2D eigenvalue weighted by Gasteiger charge is 2.10. The number of rotatable bonds is 5. The predicted octanol–water partition coefficient (Wildman–Crippen LogP) is 1.31. The van der Waals surface area contributed by atoms with Crippen LogP contribution in [-0.4, -0.2) is 16.8 Å². The van der Waals surface area contributed by atoms with Crippen LogP contribution in [0.15, 0.2) is 88.9 Å². The van der Waals surface area contributed by atoms with Crippen molar-refractivity contribution >= 4 is 51.1 Å². The summed E-state index contributed by atoms with van der Waals surface area (Å²) in [5.74, 6) is 0.364. The van der Waals surface area contributed by atoms with Crippen LogP contribution in [0.25, 0.3) is 0 Å². The summed E-state index contributed by atoms with van der Waals surface area (Å²) in [6.07, 6.45) is 3.90. The minimum absolute atomic E-state index is 0. The second-order valence-corrected chi connectivity index (χ2v) is 11.2. The molecule has 0 radical (unpaired) electrons. The number of pyridine rings is 1. The molecule has 0 unspecified atom stereocenters. The second kappa shape index (κ2) is 11.9. The van der Waals surface area contributed by atoms with E-state index >= 15 is 0 Å². The van der Waals surface area contributed by atoms with E-state index in [1.54, 1.807) is 24.3 Å². The van der Waals surface area contributed by atoms with Gasteiger partial charge in [-0.15, -0.1) is 11.6 Å². The molecule has 0 aliphatic rings. The minimum Gasteiger partial charge on any atom is -1.00 e. The zero-order valence-electron chi connectivity index (χ0n) is 15.3. The summed E-state index contributed by atoms with van der Waals surface area (Å²) < 4.78 is 45.7. The van der Waals surface area contributed by atoms with Gasteiger partial charge in [-0.05, 0) is 29.8 Å². The van der Waals surface area contributed by atoms with Crippen molar-refractivity contribution in [2.45, 2.75) is 22.2 Å². The fourth-order valence-corrected chi connectivity index (χ4v) is 3.97. The second-order valence-electron chi connectivity index (χ2n) is 5.85. The van der Waals surface area contributed by atoms with Gasteiger partial charge in [0, 0.05) is 44.9 Å². The van der Waals surface area contributed by atoms with E-state index in [-0.39, 0.29) is 22.2 Å².